The van der Waals surface area contributed by atoms with Gasteiger partial charge in [0.2, 0.25) is 0 Å². The van der Waals surface area contributed by atoms with E-state index in [1.807, 2.05) is 20.2 Å². The maximum absolute atomic E-state index is 13.7. The Morgan fingerprint density at radius 1 is 1.42 bits per heavy atom. The van der Waals surface area contributed by atoms with E-state index in [9.17, 15) is 4.39 Å². The Bertz CT molecular complexity index is 550. The summed E-state index contributed by atoms with van der Waals surface area (Å²) in [6, 6.07) is 6.46. The first-order valence-electron chi connectivity index (χ1n) is 6.39. The van der Waals surface area contributed by atoms with Crippen LogP contribution < -0.4 is 11.1 Å². The normalized spacial score (nSPS) is 12.4. The highest BCUT2D eigenvalue weighted by Crippen LogP contribution is 2.23. The van der Waals surface area contributed by atoms with Gasteiger partial charge in [-0.15, -0.1) is 0 Å². The summed E-state index contributed by atoms with van der Waals surface area (Å²) < 4.78 is 15.4. The van der Waals surface area contributed by atoms with E-state index in [0.717, 1.165) is 17.7 Å². The number of hydrogen-bond donors (Lipinski definition) is 2. The van der Waals surface area contributed by atoms with Crippen LogP contribution in [-0.2, 0) is 13.5 Å². The van der Waals surface area contributed by atoms with E-state index in [1.165, 1.54) is 6.07 Å². The number of rotatable bonds is 5. The number of nitrogens with two attached hydrogens (primary N) is 1. The Kier molecular flexibility index (Phi) is 4.16. The van der Waals surface area contributed by atoms with Gasteiger partial charge in [0.25, 0.3) is 0 Å². The summed E-state index contributed by atoms with van der Waals surface area (Å²) in [6.07, 6.45) is 2.76. The van der Waals surface area contributed by atoms with Gasteiger partial charge in [-0.2, -0.15) is 5.10 Å². The molecule has 1 aromatic heterocycles. The van der Waals surface area contributed by atoms with Crippen LogP contribution in [0.3, 0.4) is 0 Å². The van der Waals surface area contributed by atoms with Gasteiger partial charge < -0.3 is 11.1 Å². The SMILES string of the molecule is CCc1nn(C)cc1C(CN)Nc1ccccc1F. The predicted molar refractivity (Wildman–Crippen MR) is 74.4 cm³/mol. The summed E-state index contributed by atoms with van der Waals surface area (Å²) in [4.78, 5) is 0. The average Bonchev–Trinajstić information content (AvgIpc) is 2.79. The summed E-state index contributed by atoms with van der Waals surface area (Å²) in [7, 11) is 1.87. The molecule has 1 unspecified atom stereocenters. The first kappa shape index (κ1) is 13.5. The molecule has 2 rings (SSSR count). The molecule has 19 heavy (non-hydrogen) atoms. The zero-order valence-electron chi connectivity index (χ0n) is 11.2. The zero-order valence-corrected chi connectivity index (χ0v) is 11.2. The monoisotopic (exact) mass is 262 g/mol. The Balaban J connectivity index is 2.27. The van der Waals surface area contributed by atoms with Crippen molar-refractivity contribution >= 4 is 5.69 Å². The van der Waals surface area contributed by atoms with Crippen molar-refractivity contribution < 1.29 is 4.39 Å². The van der Waals surface area contributed by atoms with Crippen LogP contribution in [0.2, 0.25) is 0 Å². The molecule has 1 heterocycles. The van der Waals surface area contributed by atoms with Crippen LogP contribution >= 0.6 is 0 Å². The molecule has 0 saturated carbocycles. The lowest BCUT2D eigenvalue weighted by Gasteiger charge is -2.18. The largest absolute Gasteiger partial charge is 0.374 e. The quantitative estimate of drug-likeness (QED) is 0.868. The molecule has 0 bridgehead atoms. The number of nitrogens with one attached hydrogen (secondary N) is 1. The van der Waals surface area contributed by atoms with Crippen LogP contribution in [0.1, 0.15) is 24.2 Å². The van der Waals surface area contributed by atoms with Crippen molar-refractivity contribution in [1.29, 1.82) is 0 Å². The Morgan fingerprint density at radius 3 is 2.79 bits per heavy atom. The van der Waals surface area contributed by atoms with Crippen LogP contribution in [0.4, 0.5) is 10.1 Å². The highest BCUT2D eigenvalue weighted by atomic mass is 19.1. The molecule has 1 atom stereocenters. The van der Waals surface area contributed by atoms with Crippen LogP contribution in [0.5, 0.6) is 0 Å². The molecular formula is C14H19FN4. The lowest BCUT2D eigenvalue weighted by molar-refractivity contribution is 0.625. The van der Waals surface area contributed by atoms with Gasteiger partial charge in [0.15, 0.2) is 0 Å². The van der Waals surface area contributed by atoms with Gasteiger partial charge >= 0.3 is 0 Å². The van der Waals surface area contributed by atoms with Crippen molar-refractivity contribution in [3.8, 4) is 0 Å². The Hall–Kier alpha value is -1.88. The van der Waals surface area contributed by atoms with Crippen molar-refractivity contribution in [1.82, 2.24) is 9.78 Å². The third-order valence-corrected chi connectivity index (χ3v) is 3.09. The second-order valence-corrected chi connectivity index (χ2v) is 4.47. The molecule has 1 aromatic carbocycles. The number of aryl methyl sites for hydroxylation is 2. The van der Waals surface area contributed by atoms with Crippen LogP contribution in [0.15, 0.2) is 30.5 Å². The lowest BCUT2D eigenvalue weighted by atomic mass is 10.1. The minimum atomic E-state index is -0.275. The number of hydrogen-bond acceptors (Lipinski definition) is 3. The predicted octanol–water partition coefficient (Wildman–Crippen LogP) is 2.23. The number of halogens is 1. The summed E-state index contributed by atoms with van der Waals surface area (Å²) in [5.41, 5.74) is 8.29. The summed E-state index contributed by atoms with van der Waals surface area (Å²) in [5, 5.41) is 7.54. The first-order valence-corrected chi connectivity index (χ1v) is 6.39. The molecule has 102 valence electrons. The molecule has 0 saturated heterocycles. The molecule has 5 heteroatoms. The lowest BCUT2D eigenvalue weighted by Crippen LogP contribution is -2.21. The summed E-state index contributed by atoms with van der Waals surface area (Å²) >= 11 is 0. The fourth-order valence-electron chi connectivity index (χ4n) is 2.15. The number of nitrogens with zero attached hydrogens (tertiary/aromatic N) is 2. The van der Waals surface area contributed by atoms with Gasteiger partial charge in [0.05, 0.1) is 17.4 Å². The zero-order chi connectivity index (χ0) is 13.8. The average molecular weight is 262 g/mol. The maximum atomic E-state index is 13.7. The minimum absolute atomic E-state index is 0.138. The van der Waals surface area contributed by atoms with E-state index >= 15 is 0 Å². The molecule has 0 radical (unpaired) electrons. The van der Waals surface area contributed by atoms with E-state index in [-0.39, 0.29) is 11.9 Å². The van der Waals surface area contributed by atoms with Crippen molar-refractivity contribution in [2.45, 2.75) is 19.4 Å². The summed E-state index contributed by atoms with van der Waals surface area (Å²) in [5.74, 6) is -0.275. The van der Waals surface area contributed by atoms with Gasteiger partial charge in [0, 0.05) is 25.4 Å². The van der Waals surface area contributed by atoms with E-state index in [2.05, 4.69) is 10.4 Å². The van der Waals surface area contributed by atoms with E-state index in [1.54, 1.807) is 22.9 Å². The molecule has 0 fully saturated rings. The van der Waals surface area contributed by atoms with E-state index in [4.69, 9.17) is 5.73 Å². The van der Waals surface area contributed by atoms with Crippen molar-refractivity contribution in [3.63, 3.8) is 0 Å². The molecule has 0 amide bonds. The molecule has 0 aliphatic heterocycles. The maximum Gasteiger partial charge on any atom is 0.146 e. The van der Waals surface area contributed by atoms with Crippen LogP contribution in [0.25, 0.3) is 0 Å². The van der Waals surface area contributed by atoms with Crippen LogP contribution in [0, 0.1) is 5.82 Å². The van der Waals surface area contributed by atoms with E-state index < -0.39 is 0 Å². The molecular weight excluding hydrogens is 243 g/mol. The first-order chi connectivity index (χ1) is 9.15. The van der Waals surface area contributed by atoms with Crippen LogP contribution in [-0.4, -0.2) is 16.3 Å². The van der Waals surface area contributed by atoms with Crippen molar-refractivity contribution in [2.24, 2.45) is 12.8 Å². The topological polar surface area (TPSA) is 55.9 Å². The Labute approximate surface area is 112 Å². The smallest absolute Gasteiger partial charge is 0.146 e. The molecule has 0 spiro atoms. The number of benzene rings is 1. The third-order valence-electron chi connectivity index (χ3n) is 3.09. The second-order valence-electron chi connectivity index (χ2n) is 4.47. The van der Waals surface area contributed by atoms with Gasteiger partial charge in [-0.05, 0) is 18.6 Å². The highest BCUT2D eigenvalue weighted by molar-refractivity contribution is 5.47. The summed E-state index contributed by atoms with van der Waals surface area (Å²) in [6.45, 7) is 2.43. The van der Waals surface area contributed by atoms with Gasteiger partial charge in [-0.25, -0.2) is 4.39 Å². The fraction of sp³-hybridized carbons (Fsp3) is 0.357. The standard InChI is InChI=1S/C14H19FN4/c1-3-12-10(9-19(2)18-12)14(8-16)17-13-7-5-4-6-11(13)15/h4-7,9,14,17H,3,8,16H2,1-2H3. The van der Waals surface area contributed by atoms with Crippen molar-refractivity contribution in [3.05, 3.63) is 47.5 Å². The van der Waals surface area contributed by atoms with Crippen molar-refractivity contribution in [2.75, 3.05) is 11.9 Å². The minimum Gasteiger partial charge on any atom is -0.374 e. The molecule has 0 aliphatic rings. The number of anilines is 1. The molecule has 3 N–H and O–H groups in total. The molecule has 2 aromatic rings. The number of para-hydroxylation sites is 1. The fourth-order valence-corrected chi connectivity index (χ4v) is 2.15. The second kappa shape index (κ2) is 5.84. The molecule has 0 aliphatic carbocycles. The number of aromatic nitrogens is 2. The van der Waals surface area contributed by atoms with Gasteiger partial charge in [-0.1, -0.05) is 19.1 Å². The highest BCUT2D eigenvalue weighted by Gasteiger charge is 2.17. The third kappa shape index (κ3) is 2.93. The molecule has 4 nitrogen and oxygen atoms in total. The van der Waals surface area contributed by atoms with Gasteiger partial charge in [0.1, 0.15) is 5.82 Å². The van der Waals surface area contributed by atoms with E-state index in [0.29, 0.717) is 12.2 Å². The Morgan fingerprint density at radius 2 is 2.16 bits per heavy atom. The van der Waals surface area contributed by atoms with Gasteiger partial charge in [-0.3, -0.25) is 4.68 Å².